The van der Waals surface area contributed by atoms with Gasteiger partial charge in [-0.15, -0.1) is 0 Å². The molecule has 0 bridgehead atoms. The Morgan fingerprint density at radius 2 is 1.70 bits per heavy atom. The third kappa shape index (κ3) is 3.07. The average molecular weight is 376 g/mol. The Labute approximate surface area is 141 Å². The predicted molar refractivity (Wildman–Crippen MR) is 87.7 cm³/mol. The van der Waals surface area contributed by atoms with Crippen LogP contribution < -0.4 is 4.74 Å². The summed E-state index contributed by atoms with van der Waals surface area (Å²) in [6.45, 7) is 0.677. The molecule has 0 aromatic heterocycles. The van der Waals surface area contributed by atoms with Gasteiger partial charge in [-0.2, -0.15) is 0 Å². The fourth-order valence-electron chi connectivity index (χ4n) is 2.43. The number of imide groups is 1. The van der Waals surface area contributed by atoms with Crippen molar-refractivity contribution < 1.29 is 19.4 Å². The van der Waals surface area contributed by atoms with Crippen molar-refractivity contribution in [1.82, 2.24) is 4.90 Å². The van der Waals surface area contributed by atoms with Crippen LogP contribution in [-0.2, 0) is 0 Å². The van der Waals surface area contributed by atoms with Gasteiger partial charge < -0.3 is 9.84 Å². The summed E-state index contributed by atoms with van der Waals surface area (Å²) >= 11 is 3.21. The summed E-state index contributed by atoms with van der Waals surface area (Å²) in [4.78, 5) is 25.6. The number of phenols is 1. The Balaban J connectivity index is 1.55. The fourth-order valence-corrected chi connectivity index (χ4v) is 2.79. The Kier molecular flexibility index (Phi) is 4.34. The topological polar surface area (TPSA) is 66.8 Å². The van der Waals surface area contributed by atoms with Gasteiger partial charge in [-0.05, 0) is 52.7 Å². The van der Waals surface area contributed by atoms with Crippen LogP contribution in [0.3, 0.4) is 0 Å². The van der Waals surface area contributed by atoms with Crippen molar-refractivity contribution >= 4 is 27.7 Å². The standard InChI is InChI=1S/C17H14BrNO4/c18-14-10-11(6-7-15(14)20)23-9-3-8-19-16(21)12-4-1-2-5-13(12)17(19)22/h1-2,4-7,10,20H,3,8-9H2. The first-order valence-corrected chi connectivity index (χ1v) is 7.94. The molecule has 2 amide bonds. The highest BCUT2D eigenvalue weighted by Crippen LogP contribution is 2.28. The highest BCUT2D eigenvalue weighted by molar-refractivity contribution is 9.10. The number of aromatic hydroxyl groups is 1. The molecule has 5 nitrogen and oxygen atoms in total. The lowest BCUT2D eigenvalue weighted by Gasteiger charge is -2.14. The van der Waals surface area contributed by atoms with Crippen LogP contribution in [0.4, 0.5) is 0 Å². The minimum atomic E-state index is -0.252. The van der Waals surface area contributed by atoms with E-state index in [0.29, 0.717) is 40.9 Å². The van der Waals surface area contributed by atoms with Gasteiger partial charge in [0.15, 0.2) is 0 Å². The molecule has 0 fully saturated rings. The molecule has 1 heterocycles. The minimum Gasteiger partial charge on any atom is -0.507 e. The third-order valence-corrected chi connectivity index (χ3v) is 4.23. The highest BCUT2D eigenvalue weighted by Gasteiger charge is 2.34. The molecule has 0 saturated carbocycles. The molecule has 2 aromatic carbocycles. The van der Waals surface area contributed by atoms with Crippen LogP contribution in [0.1, 0.15) is 27.1 Å². The molecule has 2 aromatic rings. The van der Waals surface area contributed by atoms with Crippen LogP contribution in [0.5, 0.6) is 11.5 Å². The number of carbonyl (C=O) groups is 2. The van der Waals surface area contributed by atoms with Crippen LogP contribution >= 0.6 is 15.9 Å². The summed E-state index contributed by atoms with van der Waals surface area (Å²) in [7, 11) is 0. The molecular weight excluding hydrogens is 362 g/mol. The number of phenolic OH excluding ortho intramolecular Hbond substituents is 1. The molecule has 0 radical (unpaired) electrons. The van der Waals surface area contributed by atoms with Gasteiger partial charge in [-0.25, -0.2) is 0 Å². The maximum absolute atomic E-state index is 12.2. The van der Waals surface area contributed by atoms with Crippen molar-refractivity contribution in [3.63, 3.8) is 0 Å². The number of halogens is 1. The normalized spacial score (nSPS) is 13.3. The number of amides is 2. The maximum Gasteiger partial charge on any atom is 0.261 e. The second-order valence-electron chi connectivity index (χ2n) is 5.12. The van der Waals surface area contributed by atoms with Crippen molar-refractivity contribution in [2.24, 2.45) is 0 Å². The summed E-state index contributed by atoms with van der Waals surface area (Å²) in [5, 5.41) is 9.42. The molecule has 6 heteroatoms. The smallest absolute Gasteiger partial charge is 0.261 e. The molecular formula is C17H14BrNO4. The zero-order chi connectivity index (χ0) is 16.4. The van der Waals surface area contributed by atoms with Crippen LogP contribution in [0, 0.1) is 0 Å². The van der Waals surface area contributed by atoms with Crippen molar-refractivity contribution in [2.75, 3.05) is 13.2 Å². The molecule has 0 atom stereocenters. The van der Waals surface area contributed by atoms with E-state index in [0.717, 1.165) is 0 Å². The molecule has 0 aliphatic carbocycles. The van der Waals surface area contributed by atoms with E-state index in [1.165, 1.54) is 11.0 Å². The van der Waals surface area contributed by atoms with Crippen LogP contribution in [0.2, 0.25) is 0 Å². The van der Waals surface area contributed by atoms with Crippen molar-refractivity contribution in [3.8, 4) is 11.5 Å². The monoisotopic (exact) mass is 375 g/mol. The van der Waals surface area contributed by atoms with Gasteiger partial charge in [0.25, 0.3) is 11.8 Å². The van der Waals surface area contributed by atoms with E-state index in [-0.39, 0.29) is 17.6 Å². The number of carbonyl (C=O) groups excluding carboxylic acids is 2. The second-order valence-corrected chi connectivity index (χ2v) is 5.98. The molecule has 0 saturated heterocycles. The molecule has 23 heavy (non-hydrogen) atoms. The number of benzene rings is 2. The van der Waals surface area contributed by atoms with E-state index in [1.807, 2.05) is 0 Å². The van der Waals surface area contributed by atoms with Gasteiger partial charge in [0.2, 0.25) is 0 Å². The predicted octanol–water partition coefficient (Wildman–Crippen LogP) is 3.22. The number of fused-ring (bicyclic) bond motifs is 1. The summed E-state index contributed by atoms with van der Waals surface area (Å²) in [6.07, 6.45) is 0.532. The first-order chi connectivity index (χ1) is 11.1. The van der Waals surface area contributed by atoms with Crippen molar-refractivity contribution in [2.45, 2.75) is 6.42 Å². The lowest BCUT2D eigenvalue weighted by atomic mass is 10.1. The van der Waals surface area contributed by atoms with E-state index in [1.54, 1.807) is 36.4 Å². The van der Waals surface area contributed by atoms with E-state index in [9.17, 15) is 14.7 Å². The quantitative estimate of drug-likeness (QED) is 0.643. The molecule has 0 unspecified atom stereocenters. The molecule has 1 N–H and O–H groups in total. The third-order valence-electron chi connectivity index (χ3n) is 3.59. The minimum absolute atomic E-state index is 0.142. The average Bonchev–Trinajstić information content (AvgIpc) is 2.80. The summed E-state index contributed by atoms with van der Waals surface area (Å²) in [5.41, 5.74) is 0.918. The van der Waals surface area contributed by atoms with Gasteiger partial charge in [-0.3, -0.25) is 14.5 Å². The van der Waals surface area contributed by atoms with Gasteiger partial charge in [-0.1, -0.05) is 12.1 Å². The Morgan fingerprint density at radius 3 is 2.30 bits per heavy atom. The number of ether oxygens (including phenoxy) is 1. The summed E-state index contributed by atoms with van der Waals surface area (Å²) in [5.74, 6) is 0.247. The summed E-state index contributed by atoms with van der Waals surface area (Å²) < 4.78 is 6.11. The van der Waals surface area contributed by atoms with Gasteiger partial charge in [0.05, 0.1) is 22.2 Å². The van der Waals surface area contributed by atoms with Crippen LogP contribution in [-0.4, -0.2) is 35.0 Å². The van der Waals surface area contributed by atoms with Gasteiger partial charge >= 0.3 is 0 Å². The van der Waals surface area contributed by atoms with E-state index in [4.69, 9.17) is 4.74 Å². The van der Waals surface area contributed by atoms with Crippen LogP contribution in [0.25, 0.3) is 0 Å². The second kappa shape index (κ2) is 6.42. The number of hydrogen-bond donors (Lipinski definition) is 1. The molecule has 0 spiro atoms. The number of hydrogen-bond acceptors (Lipinski definition) is 4. The SMILES string of the molecule is O=C1c2ccccc2C(=O)N1CCCOc1ccc(O)c(Br)c1. The highest BCUT2D eigenvalue weighted by atomic mass is 79.9. The maximum atomic E-state index is 12.2. The number of rotatable bonds is 5. The number of nitrogens with zero attached hydrogens (tertiary/aromatic N) is 1. The largest absolute Gasteiger partial charge is 0.507 e. The fraction of sp³-hybridized carbons (Fsp3) is 0.176. The Morgan fingerprint density at radius 1 is 1.04 bits per heavy atom. The van der Waals surface area contributed by atoms with Gasteiger partial charge in [0, 0.05) is 6.54 Å². The van der Waals surface area contributed by atoms with Crippen molar-refractivity contribution in [3.05, 3.63) is 58.1 Å². The van der Waals surface area contributed by atoms with Crippen LogP contribution in [0.15, 0.2) is 46.9 Å². The molecule has 118 valence electrons. The molecule has 3 rings (SSSR count). The van der Waals surface area contributed by atoms with E-state index in [2.05, 4.69) is 15.9 Å². The molecule has 1 aliphatic rings. The Hall–Kier alpha value is -2.34. The van der Waals surface area contributed by atoms with Gasteiger partial charge in [0.1, 0.15) is 11.5 Å². The lowest BCUT2D eigenvalue weighted by molar-refractivity contribution is 0.0646. The van der Waals surface area contributed by atoms with Crippen molar-refractivity contribution in [1.29, 1.82) is 0 Å². The zero-order valence-corrected chi connectivity index (χ0v) is 13.7. The Bertz CT molecular complexity index is 740. The van der Waals surface area contributed by atoms with E-state index >= 15 is 0 Å². The molecule has 1 aliphatic heterocycles. The lowest BCUT2D eigenvalue weighted by Crippen LogP contribution is -2.31. The summed E-state index contributed by atoms with van der Waals surface area (Å²) in [6, 6.07) is 11.7. The zero-order valence-electron chi connectivity index (χ0n) is 12.2. The first-order valence-electron chi connectivity index (χ1n) is 7.14. The van der Waals surface area contributed by atoms with E-state index < -0.39 is 0 Å². The first kappa shape index (κ1) is 15.6.